The number of ether oxygens (including phenoxy) is 3. The molecule has 1 atom stereocenters. The summed E-state index contributed by atoms with van der Waals surface area (Å²) in [5.74, 6) is -0.867. The maximum absolute atomic E-state index is 13.0. The summed E-state index contributed by atoms with van der Waals surface area (Å²) in [5, 5.41) is 0. The quantitative estimate of drug-likeness (QED) is 0.0261. The molecule has 0 aliphatic heterocycles. The van der Waals surface area contributed by atoms with Gasteiger partial charge < -0.3 is 14.2 Å². The maximum atomic E-state index is 13.0. The summed E-state index contributed by atoms with van der Waals surface area (Å²) in [6.07, 6.45) is 94.6. The molecule has 1 unspecified atom stereocenters. The minimum Gasteiger partial charge on any atom is -0.462 e. The van der Waals surface area contributed by atoms with Crippen molar-refractivity contribution in [2.24, 2.45) is 0 Å². The standard InChI is InChI=1S/C77H136O6/c1-4-7-10-13-16-19-22-25-28-31-33-35-37-38-40-41-43-46-49-52-55-58-61-64-67-70-76(79)82-73-74(72-81-75(78)69-66-63-60-57-54-51-48-45-30-27-24-21-18-15-12-9-6-3)83-77(80)71-68-65-62-59-56-53-50-47-44-42-39-36-34-32-29-26-23-20-17-14-11-8-5-2/h8,11,17,20,22,25-27,29-31,33-34,36,74H,4-7,9-10,12-16,18-19,21,23-24,28,32,35,37-73H2,1-3H3/b11-8-,20-17-,25-22-,29-26-,30-27-,33-31-,36-34-. The van der Waals surface area contributed by atoms with Crippen molar-refractivity contribution in [2.75, 3.05) is 13.2 Å². The van der Waals surface area contributed by atoms with Gasteiger partial charge in [0.25, 0.3) is 0 Å². The van der Waals surface area contributed by atoms with E-state index >= 15 is 0 Å². The second-order valence-corrected chi connectivity index (χ2v) is 24.1. The highest BCUT2D eigenvalue weighted by Crippen LogP contribution is 2.17. The van der Waals surface area contributed by atoms with Crippen LogP contribution < -0.4 is 0 Å². The first-order chi connectivity index (χ1) is 41.0. The van der Waals surface area contributed by atoms with Crippen LogP contribution in [0.4, 0.5) is 0 Å². The van der Waals surface area contributed by atoms with Crippen LogP contribution >= 0.6 is 0 Å². The molecule has 0 fully saturated rings. The number of esters is 3. The summed E-state index contributed by atoms with van der Waals surface area (Å²) in [6, 6.07) is 0. The van der Waals surface area contributed by atoms with Crippen molar-refractivity contribution >= 4 is 17.9 Å². The molecule has 0 amide bonds. The van der Waals surface area contributed by atoms with Crippen molar-refractivity contribution < 1.29 is 28.6 Å². The van der Waals surface area contributed by atoms with Crippen LogP contribution in [-0.4, -0.2) is 37.2 Å². The van der Waals surface area contributed by atoms with Gasteiger partial charge in [-0.05, 0) is 116 Å². The van der Waals surface area contributed by atoms with Crippen LogP contribution in [0.2, 0.25) is 0 Å². The Bertz CT molecular complexity index is 1570. The molecule has 0 N–H and O–H groups in total. The predicted octanol–water partition coefficient (Wildman–Crippen LogP) is 25.0. The van der Waals surface area contributed by atoms with E-state index in [1.165, 1.54) is 238 Å². The smallest absolute Gasteiger partial charge is 0.306 e. The third-order valence-electron chi connectivity index (χ3n) is 15.9. The summed E-state index contributed by atoms with van der Waals surface area (Å²) in [4.78, 5) is 38.5. The van der Waals surface area contributed by atoms with Crippen molar-refractivity contribution in [2.45, 2.75) is 374 Å². The normalized spacial score (nSPS) is 12.6. The van der Waals surface area contributed by atoms with Gasteiger partial charge in [0, 0.05) is 19.3 Å². The molecule has 6 nitrogen and oxygen atoms in total. The molecular weight excluding hydrogens is 1020 g/mol. The van der Waals surface area contributed by atoms with Gasteiger partial charge in [0.15, 0.2) is 6.10 Å². The molecule has 83 heavy (non-hydrogen) atoms. The number of hydrogen-bond acceptors (Lipinski definition) is 6. The second-order valence-electron chi connectivity index (χ2n) is 24.1. The number of carbonyl (C=O) groups excluding carboxylic acids is 3. The van der Waals surface area contributed by atoms with Crippen molar-refractivity contribution in [1.82, 2.24) is 0 Å². The topological polar surface area (TPSA) is 78.9 Å². The van der Waals surface area contributed by atoms with E-state index in [1.807, 2.05) is 0 Å². The highest BCUT2D eigenvalue weighted by molar-refractivity contribution is 5.71. The van der Waals surface area contributed by atoms with Crippen LogP contribution in [0.3, 0.4) is 0 Å². The number of allylic oxidation sites excluding steroid dienone is 14. The van der Waals surface area contributed by atoms with Crippen molar-refractivity contribution in [3.8, 4) is 0 Å². The number of rotatable bonds is 66. The monoisotopic (exact) mass is 1160 g/mol. The third kappa shape index (κ3) is 69.3. The van der Waals surface area contributed by atoms with E-state index in [2.05, 4.69) is 106 Å². The Morgan fingerprint density at radius 2 is 0.470 bits per heavy atom. The highest BCUT2D eigenvalue weighted by atomic mass is 16.6. The van der Waals surface area contributed by atoms with E-state index in [9.17, 15) is 14.4 Å². The van der Waals surface area contributed by atoms with Gasteiger partial charge in [0.2, 0.25) is 0 Å². The molecule has 0 aliphatic carbocycles. The molecule has 6 heteroatoms. The Labute approximate surface area is 515 Å². The van der Waals surface area contributed by atoms with Crippen LogP contribution in [-0.2, 0) is 28.6 Å². The number of carbonyl (C=O) groups is 3. The molecular formula is C77H136O6. The lowest BCUT2D eigenvalue weighted by molar-refractivity contribution is -0.167. The fourth-order valence-electron chi connectivity index (χ4n) is 10.5. The van der Waals surface area contributed by atoms with E-state index in [0.717, 1.165) is 89.9 Å². The van der Waals surface area contributed by atoms with Crippen molar-refractivity contribution in [1.29, 1.82) is 0 Å². The van der Waals surface area contributed by atoms with Gasteiger partial charge in [0.05, 0.1) is 0 Å². The summed E-state index contributed by atoms with van der Waals surface area (Å²) >= 11 is 0. The molecule has 0 spiro atoms. The average Bonchev–Trinajstić information content (AvgIpc) is 3.49. The molecule has 0 aromatic rings. The van der Waals surface area contributed by atoms with Crippen LogP contribution in [0.5, 0.6) is 0 Å². The number of hydrogen-bond donors (Lipinski definition) is 0. The van der Waals surface area contributed by atoms with Crippen LogP contribution in [0.25, 0.3) is 0 Å². The molecule has 0 aromatic heterocycles. The van der Waals surface area contributed by atoms with Gasteiger partial charge in [0.1, 0.15) is 13.2 Å². The summed E-state index contributed by atoms with van der Waals surface area (Å²) in [5.41, 5.74) is 0. The van der Waals surface area contributed by atoms with E-state index in [1.54, 1.807) is 0 Å². The van der Waals surface area contributed by atoms with Gasteiger partial charge in [-0.25, -0.2) is 0 Å². The summed E-state index contributed by atoms with van der Waals surface area (Å²) < 4.78 is 17.0. The molecule has 0 heterocycles. The third-order valence-corrected chi connectivity index (χ3v) is 15.9. The fourth-order valence-corrected chi connectivity index (χ4v) is 10.5. The minimum absolute atomic E-state index is 0.0774. The van der Waals surface area contributed by atoms with Crippen LogP contribution in [0.15, 0.2) is 85.1 Å². The first-order valence-electron chi connectivity index (χ1n) is 36.1. The van der Waals surface area contributed by atoms with E-state index in [4.69, 9.17) is 14.2 Å². The molecule has 0 saturated heterocycles. The zero-order valence-electron chi connectivity index (χ0n) is 55.2. The Kier molecular flexibility index (Phi) is 68.2. The Morgan fingerprint density at radius 3 is 0.747 bits per heavy atom. The molecule has 0 aliphatic rings. The lowest BCUT2D eigenvalue weighted by atomic mass is 10.0. The SMILES string of the molecule is CC/C=C\C/C=C\C/C=C\C/C=C\CCCCCCCCCCCCC(=O)OC(COC(=O)CCCCCCCCC/C=C\CCCCCCCC)COC(=O)CCCCCCCCCCCCCCC/C=C\C/C=C\CCCCCCC. The molecule has 0 rings (SSSR count). The van der Waals surface area contributed by atoms with Crippen LogP contribution in [0, 0.1) is 0 Å². The molecule has 0 bridgehead atoms. The van der Waals surface area contributed by atoms with Crippen molar-refractivity contribution in [3.05, 3.63) is 85.1 Å². The molecule has 0 radical (unpaired) electrons. The highest BCUT2D eigenvalue weighted by Gasteiger charge is 2.19. The maximum Gasteiger partial charge on any atom is 0.306 e. The average molecular weight is 1160 g/mol. The number of unbranched alkanes of at least 4 members (excludes halogenated alkanes) is 41. The van der Waals surface area contributed by atoms with Gasteiger partial charge in [-0.1, -0.05) is 318 Å². The van der Waals surface area contributed by atoms with E-state index in [-0.39, 0.29) is 31.1 Å². The predicted molar refractivity (Wildman–Crippen MR) is 362 cm³/mol. The molecule has 480 valence electrons. The van der Waals surface area contributed by atoms with Gasteiger partial charge in [-0.2, -0.15) is 0 Å². The summed E-state index contributed by atoms with van der Waals surface area (Å²) in [6.45, 7) is 6.56. The Hall–Kier alpha value is -3.41. The zero-order valence-corrected chi connectivity index (χ0v) is 55.2. The molecule has 0 aromatic carbocycles. The fraction of sp³-hybridized carbons (Fsp3) is 0.779. The first-order valence-corrected chi connectivity index (χ1v) is 36.1. The lowest BCUT2D eigenvalue weighted by Crippen LogP contribution is -2.30. The lowest BCUT2D eigenvalue weighted by Gasteiger charge is -2.18. The van der Waals surface area contributed by atoms with Gasteiger partial charge in [-0.15, -0.1) is 0 Å². The second kappa shape index (κ2) is 71.1. The Balaban J connectivity index is 4.34. The van der Waals surface area contributed by atoms with E-state index in [0.29, 0.717) is 19.3 Å². The zero-order chi connectivity index (χ0) is 59.9. The van der Waals surface area contributed by atoms with Crippen molar-refractivity contribution in [3.63, 3.8) is 0 Å². The first kappa shape index (κ1) is 79.6. The van der Waals surface area contributed by atoms with Gasteiger partial charge in [-0.3, -0.25) is 14.4 Å². The van der Waals surface area contributed by atoms with E-state index < -0.39 is 6.10 Å². The minimum atomic E-state index is -0.783. The Morgan fingerprint density at radius 1 is 0.253 bits per heavy atom. The largest absolute Gasteiger partial charge is 0.462 e. The summed E-state index contributed by atoms with van der Waals surface area (Å²) in [7, 11) is 0. The van der Waals surface area contributed by atoms with Crippen LogP contribution in [0.1, 0.15) is 367 Å². The van der Waals surface area contributed by atoms with Gasteiger partial charge >= 0.3 is 17.9 Å². The molecule has 0 saturated carbocycles.